The Balaban J connectivity index is 3.07. The lowest BCUT2D eigenvalue weighted by Gasteiger charge is -2.12. The highest BCUT2D eigenvalue weighted by molar-refractivity contribution is 5.22. The quantitative estimate of drug-likeness (QED) is 0.469. The summed E-state index contributed by atoms with van der Waals surface area (Å²) in [4.78, 5) is 19.2. The summed E-state index contributed by atoms with van der Waals surface area (Å²) < 4.78 is 7.33. The standard InChI is InChI=1S/C6H7N3O4/c7-5-2-1-4(8(10)11)3-6(5)9(12)13/h1-3,5-6H,7H2/i5D. The van der Waals surface area contributed by atoms with E-state index in [4.69, 9.17) is 7.10 Å². The molecule has 1 aliphatic carbocycles. The minimum absolute atomic E-state index is 0.417. The van der Waals surface area contributed by atoms with Crippen molar-refractivity contribution in [3.8, 4) is 0 Å². The second-order valence-electron chi connectivity index (χ2n) is 2.41. The second-order valence-corrected chi connectivity index (χ2v) is 2.41. The van der Waals surface area contributed by atoms with Gasteiger partial charge in [-0.2, -0.15) is 0 Å². The van der Waals surface area contributed by atoms with Crippen molar-refractivity contribution < 1.29 is 11.2 Å². The summed E-state index contributed by atoms with van der Waals surface area (Å²) in [6, 6.07) is -3.52. The first-order valence-corrected chi connectivity index (χ1v) is 3.32. The van der Waals surface area contributed by atoms with E-state index in [1.165, 1.54) is 0 Å². The molecule has 7 heteroatoms. The van der Waals surface area contributed by atoms with Crippen LogP contribution in [-0.4, -0.2) is 21.9 Å². The monoisotopic (exact) mass is 186 g/mol. The third kappa shape index (κ3) is 1.88. The van der Waals surface area contributed by atoms with E-state index in [1.54, 1.807) is 0 Å². The molecule has 0 saturated carbocycles. The molecule has 0 aromatic heterocycles. The summed E-state index contributed by atoms with van der Waals surface area (Å²) in [5, 5.41) is 20.7. The van der Waals surface area contributed by atoms with Gasteiger partial charge in [-0.3, -0.25) is 20.2 Å². The topological polar surface area (TPSA) is 112 Å². The van der Waals surface area contributed by atoms with Crippen LogP contribution in [0.25, 0.3) is 0 Å². The molecule has 0 spiro atoms. The predicted molar refractivity (Wildman–Crippen MR) is 43.0 cm³/mol. The van der Waals surface area contributed by atoms with Crippen LogP contribution in [-0.2, 0) is 0 Å². The number of rotatable bonds is 2. The third-order valence-electron chi connectivity index (χ3n) is 1.55. The molecular formula is C6H7N3O4. The minimum Gasteiger partial charge on any atom is -0.318 e. The molecule has 13 heavy (non-hydrogen) atoms. The highest BCUT2D eigenvalue weighted by Crippen LogP contribution is 2.12. The van der Waals surface area contributed by atoms with E-state index in [0.29, 0.717) is 0 Å². The summed E-state index contributed by atoms with van der Waals surface area (Å²) in [7, 11) is 0. The van der Waals surface area contributed by atoms with Crippen molar-refractivity contribution in [3.63, 3.8) is 0 Å². The van der Waals surface area contributed by atoms with Crippen molar-refractivity contribution in [3.05, 3.63) is 44.2 Å². The highest BCUT2D eigenvalue weighted by Gasteiger charge is 2.30. The Kier molecular flexibility index (Phi) is 2.01. The Morgan fingerprint density at radius 3 is 2.62 bits per heavy atom. The molecule has 0 bridgehead atoms. The molecule has 0 saturated heterocycles. The fraction of sp³-hybridized carbons (Fsp3) is 0.333. The normalized spacial score (nSPS) is 33.5. The van der Waals surface area contributed by atoms with Crippen LogP contribution in [0.15, 0.2) is 23.9 Å². The molecule has 0 aromatic carbocycles. The molecule has 1 rings (SSSR count). The first-order chi connectivity index (χ1) is 6.34. The molecule has 2 N–H and O–H groups in total. The largest absolute Gasteiger partial charge is 0.318 e. The summed E-state index contributed by atoms with van der Waals surface area (Å²) in [5.74, 6) is 0. The van der Waals surface area contributed by atoms with Crippen molar-refractivity contribution in [2.45, 2.75) is 12.1 Å². The van der Waals surface area contributed by atoms with Gasteiger partial charge in [0.1, 0.15) is 0 Å². The maximum atomic E-state index is 10.4. The SMILES string of the molecule is [2H]C1(N)C=CC([N+](=O)[O-])=CC1[N+](=O)[O-]. The predicted octanol–water partition coefficient (Wildman–Crippen LogP) is -0.311. The zero-order valence-corrected chi connectivity index (χ0v) is 6.41. The minimum atomic E-state index is -1.93. The number of nitrogens with zero attached hydrogens (tertiary/aromatic N) is 2. The van der Waals surface area contributed by atoms with Gasteiger partial charge in [0.15, 0.2) is 0 Å². The first-order valence-electron chi connectivity index (χ1n) is 3.82. The lowest BCUT2D eigenvalue weighted by molar-refractivity contribution is -0.513. The lowest BCUT2D eigenvalue weighted by Crippen LogP contribution is -2.39. The van der Waals surface area contributed by atoms with Gasteiger partial charge < -0.3 is 5.73 Å². The van der Waals surface area contributed by atoms with Gasteiger partial charge in [-0.1, -0.05) is 6.08 Å². The molecule has 2 atom stereocenters. The van der Waals surface area contributed by atoms with Crippen LogP contribution in [0, 0.1) is 20.2 Å². The smallest absolute Gasteiger partial charge is 0.272 e. The summed E-state index contributed by atoms with van der Waals surface area (Å²) >= 11 is 0. The van der Waals surface area contributed by atoms with Gasteiger partial charge in [-0.25, -0.2) is 0 Å². The Hall–Kier alpha value is -1.76. The maximum Gasteiger partial charge on any atom is 0.272 e. The van der Waals surface area contributed by atoms with E-state index in [-0.39, 0.29) is 0 Å². The average Bonchev–Trinajstić information content (AvgIpc) is 2.02. The third-order valence-corrected chi connectivity index (χ3v) is 1.55. The van der Waals surface area contributed by atoms with Gasteiger partial charge in [-0.15, -0.1) is 0 Å². The van der Waals surface area contributed by atoms with E-state index < -0.39 is 27.6 Å². The van der Waals surface area contributed by atoms with Gasteiger partial charge in [0, 0.05) is 11.0 Å². The van der Waals surface area contributed by atoms with Crippen LogP contribution in [0.5, 0.6) is 0 Å². The number of allylic oxidation sites excluding steroid dienone is 1. The molecule has 0 aliphatic heterocycles. The first kappa shape index (κ1) is 7.87. The van der Waals surface area contributed by atoms with Crippen molar-refractivity contribution in [2.24, 2.45) is 5.73 Å². The number of hydrogen-bond donors (Lipinski definition) is 1. The zero-order valence-electron chi connectivity index (χ0n) is 7.41. The fourth-order valence-electron chi connectivity index (χ4n) is 0.898. The van der Waals surface area contributed by atoms with Gasteiger partial charge >= 0.3 is 0 Å². The van der Waals surface area contributed by atoms with Crippen LogP contribution in [0.1, 0.15) is 1.37 Å². The van der Waals surface area contributed by atoms with Crippen molar-refractivity contribution >= 4 is 0 Å². The van der Waals surface area contributed by atoms with Crippen LogP contribution in [0.2, 0.25) is 0 Å². The average molecular weight is 186 g/mol. The van der Waals surface area contributed by atoms with Gasteiger partial charge in [0.2, 0.25) is 0 Å². The lowest BCUT2D eigenvalue weighted by atomic mass is 10.0. The van der Waals surface area contributed by atoms with Crippen LogP contribution in [0.4, 0.5) is 0 Å². The van der Waals surface area contributed by atoms with Gasteiger partial charge in [-0.05, 0) is 0 Å². The van der Waals surface area contributed by atoms with Gasteiger partial charge in [0.25, 0.3) is 11.7 Å². The van der Waals surface area contributed by atoms with Crippen molar-refractivity contribution in [2.75, 3.05) is 0 Å². The van der Waals surface area contributed by atoms with Gasteiger partial charge in [0.05, 0.1) is 18.4 Å². The summed E-state index contributed by atoms with van der Waals surface area (Å²) in [5.41, 5.74) is 4.84. The number of hydrogen-bond acceptors (Lipinski definition) is 5. The molecule has 0 aromatic rings. The molecular weight excluding hydrogens is 178 g/mol. The fourth-order valence-corrected chi connectivity index (χ4v) is 0.898. The second kappa shape index (κ2) is 3.31. The molecule has 2 unspecified atom stereocenters. The maximum absolute atomic E-state index is 10.4. The summed E-state index contributed by atoms with van der Waals surface area (Å²) in [6.07, 6.45) is 2.71. The van der Waals surface area contributed by atoms with Crippen LogP contribution < -0.4 is 5.73 Å². The molecule has 0 amide bonds. The molecule has 0 heterocycles. The highest BCUT2D eigenvalue weighted by atomic mass is 16.6. The van der Waals surface area contributed by atoms with E-state index in [9.17, 15) is 20.2 Å². The molecule has 0 fully saturated rings. The molecule has 1 aliphatic rings. The van der Waals surface area contributed by atoms with Crippen LogP contribution in [0.3, 0.4) is 0 Å². The van der Waals surface area contributed by atoms with E-state index in [2.05, 4.69) is 0 Å². The Bertz CT molecular complexity index is 349. The Labute approximate surface area is 74.2 Å². The number of nitro groups is 2. The number of nitrogens with two attached hydrogens (primary N) is 1. The Morgan fingerprint density at radius 1 is 1.54 bits per heavy atom. The van der Waals surface area contributed by atoms with E-state index in [0.717, 1.165) is 18.2 Å². The Morgan fingerprint density at radius 2 is 2.15 bits per heavy atom. The molecule has 7 nitrogen and oxygen atoms in total. The molecule has 0 radical (unpaired) electrons. The van der Waals surface area contributed by atoms with E-state index >= 15 is 0 Å². The van der Waals surface area contributed by atoms with Crippen molar-refractivity contribution in [1.29, 1.82) is 0 Å². The van der Waals surface area contributed by atoms with Crippen molar-refractivity contribution in [1.82, 2.24) is 0 Å². The zero-order chi connectivity index (χ0) is 10.9. The van der Waals surface area contributed by atoms with E-state index in [1.807, 2.05) is 0 Å². The summed E-state index contributed by atoms with van der Waals surface area (Å²) in [6.45, 7) is 0. The van der Waals surface area contributed by atoms with Crippen LogP contribution >= 0.6 is 0 Å². The molecule has 70 valence electrons.